The molecule has 3 rings (SSSR count). The Hall–Kier alpha value is -3.35. The molecule has 25 heavy (non-hydrogen) atoms. The highest BCUT2D eigenvalue weighted by molar-refractivity contribution is 5.98. The number of nitrogens with zero attached hydrogens (tertiary/aromatic N) is 1. The number of aryl methyl sites for hydroxylation is 1. The molecule has 0 aliphatic heterocycles. The molecular weight excluding hydrogens is 320 g/mol. The van der Waals surface area contributed by atoms with E-state index in [0.29, 0.717) is 18.8 Å². The number of aromatic nitrogens is 1. The van der Waals surface area contributed by atoms with E-state index in [1.54, 1.807) is 12.1 Å². The molecule has 0 unspecified atom stereocenters. The molecule has 0 aliphatic rings. The summed E-state index contributed by atoms with van der Waals surface area (Å²) in [6.45, 7) is 2.96. The van der Waals surface area contributed by atoms with Crippen LogP contribution < -0.4 is 10.6 Å². The lowest BCUT2D eigenvalue weighted by Gasteiger charge is -2.07. The summed E-state index contributed by atoms with van der Waals surface area (Å²) in [5.41, 5.74) is 3.41. The van der Waals surface area contributed by atoms with Gasteiger partial charge in [-0.25, -0.2) is 0 Å². The summed E-state index contributed by atoms with van der Waals surface area (Å²) in [4.78, 5) is 25.4. The van der Waals surface area contributed by atoms with Crippen molar-refractivity contribution in [3.8, 4) is 0 Å². The van der Waals surface area contributed by atoms with Gasteiger partial charge in [0.2, 0.25) is 0 Å². The second-order valence-electron chi connectivity index (χ2n) is 5.76. The molecule has 3 aromatic rings. The molecule has 0 atom stereocenters. The summed E-state index contributed by atoms with van der Waals surface area (Å²) >= 11 is 0. The molecule has 0 fully saturated rings. The van der Waals surface area contributed by atoms with Crippen LogP contribution >= 0.6 is 0 Å². The molecular formula is C18H18N4O3. The monoisotopic (exact) mass is 338 g/mol. The molecule has 1 heterocycles. The smallest absolute Gasteiger partial charge is 0.269 e. The van der Waals surface area contributed by atoms with Crippen molar-refractivity contribution in [1.29, 1.82) is 0 Å². The summed E-state index contributed by atoms with van der Waals surface area (Å²) in [5.74, 6) is -0.167. The normalized spacial score (nSPS) is 10.6. The average molecular weight is 338 g/mol. The number of fused-ring (bicyclic) bond motifs is 1. The van der Waals surface area contributed by atoms with E-state index in [-0.39, 0.29) is 11.6 Å². The van der Waals surface area contributed by atoms with E-state index in [1.165, 1.54) is 12.1 Å². The number of carbonyl (C=O) groups is 1. The first-order valence-corrected chi connectivity index (χ1v) is 7.89. The highest BCUT2D eigenvalue weighted by Gasteiger charge is 2.09. The van der Waals surface area contributed by atoms with Crippen LogP contribution in [0.3, 0.4) is 0 Å². The maximum Gasteiger partial charge on any atom is 0.269 e. The van der Waals surface area contributed by atoms with Gasteiger partial charge in [0.15, 0.2) is 0 Å². The fourth-order valence-electron chi connectivity index (χ4n) is 2.55. The molecule has 0 bridgehead atoms. The molecule has 0 spiro atoms. The van der Waals surface area contributed by atoms with Crippen LogP contribution in [0.2, 0.25) is 0 Å². The Morgan fingerprint density at radius 3 is 2.60 bits per heavy atom. The Labute approximate surface area is 144 Å². The SMILES string of the molecule is Cc1ccc2[nH]c(C(=O)NCCNc3ccc([N+](=O)[O-])cc3)cc2c1. The fourth-order valence-corrected chi connectivity index (χ4v) is 2.55. The molecule has 128 valence electrons. The summed E-state index contributed by atoms with van der Waals surface area (Å²) in [7, 11) is 0. The van der Waals surface area contributed by atoms with E-state index in [0.717, 1.165) is 22.2 Å². The number of aromatic amines is 1. The van der Waals surface area contributed by atoms with Gasteiger partial charge >= 0.3 is 0 Å². The number of H-pyrrole nitrogens is 1. The van der Waals surface area contributed by atoms with Gasteiger partial charge in [-0.2, -0.15) is 0 Å². The van der Waals surface area contributed by atoms with Crippen LogP contribution in [-0.4, -0.2) is 28.9 Å². The van der Waals surface area contributed by atoms with Crippen molar-refractivity contribution in [3.63, 3.8) is 0 Å². The molecule has 2 aromatic carbocycles. The number of hydrogen-bond donors (Lipinski definition) is 3. The Balaban J connectivity index is 1.51. The van der Waals surface area contributed by atoms with Gasteiger partial charge in [-0.15, -0.1) is 0 Å². The van der Waals surface area contributed by atoms with Crippen LogP contribution in [0.1, 0.15) is 16.1 Å². The van der Waals surface area contributed by atoms with Gasteiger partial charge in [0, 0.05) is 41.8 Å². The number of anilines is 1. The number of rotatable bonds is 6. The molecule has 1 amide bonds. The van der Waals surface area contributed by atoms with Crippen molar-refractivity contribution in [2.45, 2.75) is 6.92 Å². The molecule has 7 nitrogen and oxygen atoms in total. The topological polar surface area (TPSA) is 100 Å². The number of nitro groups is 1. The van der Waals surface area contributed by atoms with E-state index >= 15 is 0 Å². The van der Waals surface area contributed by atoms with Crippen LogP contribution in [0.15, 0.2) is 48.5 Å². The number of benzene rings is 2. The predicted molar refractivity (Wildman–Crippen MR) is 97.0 cm³/mol. The van der Waals surface area contributed by atoms with Gasteiger partial charge in [-0.3, -0.25) is 14.9 Å². The van der Waals surface area contributed by atoms with Crippen molar-refractivity contribution < 1.29 is 9.72 Å². The number of hydrogen-bond acceptors (Lipinski definition) is 4. The quantitative estimate of drug-likeness (QED) is 0.365. The second-order valence-corrected chi connectivity index (χ2v) is 5.76. The second kappa shape index (κ2) is 7.04. The van der Waals surface area contributed by atoms with Gasteiger partial charge in [-0.1, -0.05) is 11.6 Å². The fraction of sp³-hybridized carbons (Fsp3) is 0.167. The summed E-state index contributed by atoms with van der Waals surface area (Å²) in [6, 6.07) is 14.0. The number of amides is 1. The van der Waals surface area contributed by atoms with Crippen LogP contribution in [0.4, 0.5) is 11.4 Å². The van der Waals surface area contributed by atoms with Crippen molar-refractivity contribution in [2.24, 2.45) is 0 Å². The third-order valence-corrected chi connectivity index (χ3v) is 3.84. The van der Waals surface area contributed by atoms with Crippen LogP contribution in [0.5, 0.6) is 0 Å². The first-order chi connectivity index (χ1) is 12.0. The molecule has 0 aliphatic carbocycles. The van der Waals surface area contributed by atoms with Crippen LogP contribution in [0, 0.1) is 17.0 Å². The Morgan fingerprint density at radius 1 is 1.12 bits per heavy atom. The average Bonchev–Trinajstić information content (AvgIpc) is 3.02. The van der Waals surface area contributed by atoms with E-state index in [9.17, 15) is 14.9 Å². The third kappa shape index (κ3) is 3.95. The number of non-ortho nitro benzene ring substituents is 1. The van der Waals surface area contributed by atoms with E-state index in [2.05, 4.69) is 15.6 Å². The van der Waals surface area contributed by atoms with Crippen LogP contribution in [0.25, 0.3) is 10.9 Å². The molecule has 3 N–H and O–H groups in total. The lowest BCUT2D eigenvalue weighted by molar-refractivity contribution is -0.384. The van der Waals surface area contributed by atoms with E-state index < -0.39 is 4.92 Å². The zero-order valence-corrected chi connectivity index (χ0v) is 13.7. The van der Waals surface area contributed by atoms with Crippen molar-refractivity contribution in [3.05, 3.63) is 69.9 Å². The molecule has 1 aromatic heterocycles. The maximum absolute atomic E-state index is 12.2. The Bertz CT molecular complexity index is 916. The molecule has 0 saturated carbocycles. The third-order valence-electron chi connectivity index (χ3n) is 3.84. The molecule has 0 saturated heterocycles. The first-order valence-electron chi connectivity index (χ1n) is 7.89. The summed E-state index contributed by atoms with van der Waals surface area (Å²) in [6.07, 6.45) is 0. The standard InChI is InChI=1S/C18H18N4O3/c1-12-2-7-16-13(10-12)11-17(21-16)18(23)20-9-8-19-14-3-5-15(6-4-14)22(24)25/h2-7,10-11,19,21H,8-9H2,1H3,(H,20,23). The number of carbonyl (C=O) groups excluding carboxylic acids is 1. The van der Waals surface area contributed by atoms with Gasteiger partial charge in [0.1, 0.15) is 5.69 Å². The van der Waals surface area contributed by atoms with Gasteiger partial charge in [0.05, 0.1) is 4.92 Å². The summed E-state index contributed by atoms with van der Waals surface area (Å²) in [5, 5.41) is 17.5. The van der Waals surface area contributed by atoms with Gasteiger partial charge in [-0.05, 0) is 37.3 Å². The predicted octanol–water partition coefficient (Wildman–Crippen LogP) is 3.23. The van der Waals surface area contributed by atoms with Crippen molar-refractivity contribution in [1.82, 2.24) is 10.3 Å². The first kappa shape index (κ1) is 16.5. The lowest BCUT2D eigenvalue weighted by atomic mass is 10.2. The largest absolute Gasteiger partial charge is 0.383 e. The molecule has 7 heteroatoms. The number of nitrogens with one attached hydrogen (secondary N) is 3. The highest BCUT2D eigenvalue weighted by Crippen LogP contribution is 2.17. The van der Waals surface area contributed by atoms with Crippen molar-refractivity contribution >= 4 is 28.2 Å². The van der Waals surface area contributed by atoms with E-state index in [4.69, 9.17) is 0 Å². The minimum Gasteiger partial charge on any atom is -0.383 e. The van der Waals surface area contributed by atoms with Gasteiger partial charge < -0.3 is 15.6 Å². The highest BCUT2D eigenvalue weighted by atomic mass is 16.6. The zero-order chi connectivity index (χ0) is 17.8. The maximum atomic E-state index is 12.2. The van der Waals surface area contributed by atoms with E-state index in [1.807, 2.05) is 31.2 Å². The van der Waals surface area contributed by atoms with Crippen LogP contribution in [-0.2, 0) is 0 Å². The minimum atomic E-state index is -0.439. The Morgan fingerprint density at radius 2 is 1.88 bits per heavy atom. The Kier molecular flexibility index (Phi) is 4.65. The zero-order valence-electron chi connectivity index (χ0n) is 13.7. The summed E-state index contributed by atoms with van der Waals surface area (Å²) < 4.78 is 0. The van der Waals surface area contributed by atoms with Crippen molar-refractivity contribution in [2.75, 3.05) is 18.4 Å². The molecule has 0 radical (unpaired) electrons. The number of nitro benzene ring substituents is 1. The minimum absolute atomic E-state index is 0.0490. The van der Waals surface area contributed by atoms with Gasteiger partial charge in [0.25, 0.3) is 11.6 Å². The lowest BCUT2D eigenvalue weighted by Crippen LogP contribution is -2.28.